The summed E-state index contributed by atoms with van der Waals surface area (Å²) in [6.45, 7) is 0.969. The number of aryl methyl sites for hydroxylation is 1. The van der Waals surface area contributed by atoms with E-state index in [4.69, 9.17) is 0 Å². The molecule has 0 saturated heterocycles. The lowest BCUT2D eigenvalue weighted by Gasteiger charge is -2.03. The SMILES string of the molecule is Cn1cnc2cc(CNC3CC3)ccc21. The Hall–Kier alpha value is -1.35. The van der Waals surface area contributed by atoms with Crippen LogP contribution in [0.15, 0.2) is 24.5 Å². The predicted octanol–water partition coefficient (Wildman–Crippen LogP) is 1.83. The first kappa shape index (κ1) is 8.92. The lowest BCUT2D eigenvalue weighted by molar-refractivity contribution is 0.688. The molecule has 0 spiro atoms. The van der Waals surface area contributed by atoms with Gasteiger partial charge in [0.25, 0.3) is 0 Å². The monoisotopic (exact) mass is 201 g/mol. The molecule has 0 atom stereocenters. The Labute approximate surface area is 89.1 Å². The number of fused-ring (bicyclic) bond motifs is 1. The first-order valence-electron chi connectivity index (χ1n) is 5.46. The number of nitrogens with zero attached hydrogens (tertiary/aromatic N) is 2. The summed E-state index contributed by atoms with van der Waals surface area (Å²) >= 11 is 0. The summed E-state index contributed by atoms with van der Waals surface area (Å²) in [5.74, 6) is 0. The zero-order chi connectivity index (χ0) is 10.3. The molecule has 1 aromatic carbocycles. The van der Waals surface area contributed by atoms with E-state index in [2.05, 4.69) is 28.5 Å². The zero-order valence-corrected chi connectivity index (χ0v) is 8.90. The molecule has 0 bridgehead atoms. The van der Waals surface area contributed by atoms with Crippen LogP contribution in [0.5, 0.6) is 0 Å². The topological polar surface area (TPSA) is 29.9 Å². The molecule has 0 aliphatic heterocycles. The first-order valence-corrected chi connectivity index (χ1v) is 5.46. The number of imidazole rings is 1. The molecule has 3 rings (SSSR count). The second-order valence-corrected chi connectivity index (χ2v) is 4.33. The largest absolute Gasteiger partial charge is 0.334 e. The second-order valence-electron chi connectivity index (χ2n) is 4.33. The highest BCUT2D eigenvalue weighted by molar-refractivity contribution is 5.75. The van der Waals surface area contributed by atoms with Crippen molar-refractivity contribution in [2.75, 3.05) is 0 Å². The third kappa shape index (κ3) is 1.75. The highest BCUT2D eigenvalue weighted by Gasteiger charge is 2.19. The van der Waals surface area contributed by atoms with E-state index in [1.807, 2.05) is 17.9 Å². The average Bonchev–Trinajstić information content (AvgIpc) is 3.01. The van der Waals surface area contributed by atoms with E-state index in [9.17, 15) is 0 Å². The molecule has 3 heteroatoms. The third-order valence-corrected chi connectivity index (χ3v) is 2.96. The van der Waals surface area contributed by atoms with Crippen molar-refractivity contribution in [3.05, 3.63) is 30.1 Å². The van der Waals surface area contributed by atoms with Gasteiger partial charge in [-0.25, -0.2) is 4.98 Å². The minimum Gasteiger partial charge on any atom is -0.334 e. The van der Waals surface area contributed by atoms with Crippen LogP contribution >= 0.6 is 0 Å². The molecule has 1 fully saturated rings. The van der Waals surface area contributed by atoms with Gasteiger partial charge in [-0.3, -0.25) is 0 Å². The molecule has 1 aromatic heterocycles. The van der Waals surface area contributed by atoms with Gasteiger partial charge in [-0.15, -0.1) is 0 Å². The van der Waals surface area contributed by atoms with Crippen molar-refractivity contribution < 1.29 is 0 Å². The molecule has 0 unspecified atom stereocenters. The molecule has 78 valence electrons. The van der Waals surface area contributed by atoms with Crippen LogP contribution in [-0.4, -0.2) is 15.6 Å². The van der Waals surface area contributed by atoms with E-state index in [-0.39, 0.29) is 0 Å². The van der Waals surface area contributed by atoms with E-state index in [0.29, 0.717) is 0 Å². The van der Waals surface area contributed by atoms with Crippen LogP contribution in [0.4, 0.5) is 0 Å². The van der Waals surface area contributed by atoms with Crippen molar-refractivity contribution in [2.24, 2.45) is 7.05 Å². The summed E-state index contributed by atoms with van der Waals surface area (Å²) < 4.78 is 2.05. The van der Waals surface area contributed by atoms with Crippen molar-refractivity contribution >= 4 is 11.0 Å². The van der Waals surface area contributed by atoms with Gasteiger partial charge in [-0.05, 0) is 30.5 Å². The Morgan fingerprint density at radius 1 is 1.47 bits per heavy atom. The van der Waals surface area contributed by atoms with Gasteiger partial charge in [0.15, 0.2) is 0 Å². The van der Waals surface area contributed by atoms with Crippen LogP contribution in [0, 0.1) is 0 Å². The van der Waals surface area contributed by atoms with E-state index in [1.54, 1.807) is 0 Å². The lowest BCUT2D eigenvalue weighted by Crippen LogP contribution is -2.15. The Bertz CT molecular complexity index is 483. The van der Waals surface area contributed by atoms with Gasteiger partial charge in [0.1, 0.15) is 0 Å². The predicted molar refractivity (Wildman–Crippen MR) is 60.6 cm³/mol. The fourth-order valence-electron chi connectivity index (χ4n) is 1.84. The molecule has 1 heterocycles. The normalized spacial score (nSPS) is 16.1. The Kier molecular flexibility index (Phi) is 1.99. The molecule has 0 radical (unpaired) electrons. The molecule has 1 saturated carbocycles. The van der Waals surface area contributed by atoms with Gasteiger partial charge >= 0.3 is 0 Å². The molecule has 2 aromatic rings. The summed E-state index contributed by atoms with van der Waals surface area (Å²) in [4.78, 5) is 4.36. The van der Waals surface area contributed by atoms with Crippen LogP contribution in [0.2, 0.25) is 0 Å². The molecule has 3 nitrogen and oxygen atoms in total. The number of nitrogens with one attached hydrogen (secondary N) is 1. The minimum absolute atomic E-state index is 0.768. The fraction of sp³-hybridized carbons (Fsp3) is 0.417. The van der Waals surface area contributed by atoms with E-state index in [1.165, 1.54) is 23.9 Å². The first-order chi connectivity index (χ1) is 7.33. The average molecular weight is 201 g/mol. The van der Waals surface area contributed by atoms with E-state index < -0.39 is 0 Å². The molecule has 1 aliphatic carbocycles. The maximum atomic E-state index is 4.36. The van der Waals surface area contributed by atoms with Crippen LogP contribution < -0.4 is 5.32 Å². The van der Waals surface area contributed by atoms with Crippen molar-refractivity contribution in [1.82, 2.24) is 14.9 Å². The quantitative estimate of drug-likeness (QED) is 0.821. The molecule has 15 heavy (non-hydrogen) atoms. The highest BCUT2D eigenvalue weighted by atomic mass is 15.0. The second kappa shape index (κ2) is 3.35. The maximum absolute atomic E-state index is 4.36. The number of hydrogen-bond donors (Lipinski definition) is 1. The lowest BCUT2D eigenvalue weighted by atomic mass is 10.2. The van der Waals surface area contributed by atoms with Gasteiger partial charge in [0.2, 0.25) is 0 Å². The highest BCUT2D eigenvalue weighted by Crippen LogP contribution is 2.20. The van der Waals surface area contributed by atoms with Crippen LogP contribution in [-0.2, 0) is 13.6 Å². The molecular formula is C12H15N3. The maximum Gasteiger partial charge on any atom is 0.0955 e. The third-order valence-electron chi connectivity index (χ3n) is 2.96. The molecule has 0 amide bonds. The van der Waals surface area contributed by atoms with Gasteiger partial charge in [0, 0.05) is 19.6 Å². The smallest absolute Gasteiger partial charge is 0.0955 e. The zero-order valence-electron chi connectivity index (χ0n) is 8.90. The van der Waals surface area contributed by atoms with Crippen LogP contribution in [0.3, 0.4) is 0 Å². The van der Waals surface area contributed by atoms with Crippen molar-refractivity contribution in [2.45, 2.75) is 25.4 Å². The Balaban J connectivity index is 1.85. The van der Waals surface area contributed by atoms with Gasteiger partial charge in [0.05, 0.1) is 17.4 Å². The van der Waals surface area contributed by atoms with Gasteiger partial charge < -0.3 is 9.88 Å². The minimum atomic E-state index is 0.768. The summed E-state index contributed by atoms with van der Waals surface area (Å²) in [7, 11) is 2.03. The summed E-state index contributed by atoms with van der Waals surface area (Å²) in [6, 6.07) is 7.26. The van der Waals surface area contributed by atoms with Crippen LogP contribution in [0.1, 0.15) is 18.4 Å². The summed E-state index contributed by atoms with van der Waals surface area (Å²) in [5, 5.41) is 3.51. The Morgan fingerprint density at radius 3 is 3.13 bits per heavy atom. The van der Waals surface area contributed by atoms with Crippen molar-refractivity contribution in [3.8, 4) is 0 Å². The number of aromatic nitrogens is 2. The standard InChI is InChI=1S/C12H15N3/c1-15-8-14-11-6-9(2-5-12(11)15)7-13-10-3-4-10/h2,5-6,8,10,13H,3-4,7H2,1H3. The number of benzene rings is 1. The fourth-order valence-corrected chi connectivity index (χ4v) is 1.84. The molecule has 1 N–H and O–H groups in total. The van der Waals surface area contributed by atoms with Crippen molar-refractivity contribution in [3.63, 3.8) is 0 Å². The van der Waals surface area contributed by atoms with Crippen molar-refractivity contribution in [1.29, 1.82) is 0 Å². The Morgan fingerprint density at radius 2 is 2.33 bits per heavy atom. The number of hydrogen-bond acceptors (Lipinski definition) is 2. The van der Waals surface area contributed by atoms with Gasteiger partial charge in [-0.2, -0.15) is 0 Å². The van der Waals surface area contributed by atoms with E-state index in [0.717, 1.165) is 18.1 Å². The molecular weight excluding hydrogens is 186 g/mol. The van der Waals surface area contributed by atoms with E-state index >= 15 is 0 Å². The number of rotatable bonds is 3. The van der Waals surface area contributed by atoms with Crippen LogP contribution in [0.25, 0.3) is 11.0 Å². The molecule has 1 aliphatic rings. The summed E-state index contributed by atoms with van der Waals surface area (Å²) in [5.41, 5.74) is 3.62. The van der Waals surface area contributed by atoms with Gasteiger partial charge in [-0.1, -0.05) is 6.07 Å². The summed E-state index contributed by atoms with van der Waals surface area (Å²) in [6.07, 6.45) is 4.54.